The Balaban J connectivity index is 1.78. The summed E-state index contributed by atoms with van der Waals surface area (Å²) in [6, 6.07) is 7.74. The van der Waals surface area contributed by atoms with E-state index in [2.05, 4.69) is 15.1 Å². The molecule has 4 rings (SSSR count). The molecule has 0 saturated heterocycles. The number of nitrogens with zero attached hydrogens (tertiary/aromatic N) is 4. The van der Waals surface area contributed by atoms with Crippen molar-refractivity contribution < 1.29 is 14.3 Å². The molecule has 1 atom stereocenters. The van der Waals surface area contributed by atoms with Crippen molar-refractivity contribution in [2.45, 2.75) is 39.5 Å². The molecule has 0 bridgehead atoms. The highest BCUT2D eigenvalue weighted by Crippen LogP contribution is 2.38. The summed E-state index contributed by atoms with van der Waals surface area (Å²) < 4.78 is 12.5. The van der Waals surface area contributed by atoms with Crippen molar-refractivity contribution in [1.29, 1.82) is 0 Å². The predicted molar refractivity (Wildman–Crippen MR) is 108 cm³/mol. The fourth-order valence-corrected chi connectivity index (χ4v) is 4.07. The van der Waals surface area contributed by atoms with Crippen LogP contribution < -0.4 is 9.47 Å². The quantitative estimate of drug-likeness (QED) is 0.676. The van der Waals surface area contributed by atoms with Gasteiger partial charge in [0.05, 0.1) is 31.2 Å². The Labute approximate surface area is 169 Å². The summed E-state index contributed by atoms with van der Waals surface area (Å²) in [6.45, 7) is 5.73. The van der Waals surface area contributed by atoms with E-state index in [1.807, 2.05) is 45.0 Å². The van der Waals surface area contributed by atoms with Gasteiger partial charge in [-0.15, -0.1) is 0 Å². The molecule has 0 spiro atoms. The summed E-state index contributed by atoms with van der Waals surface area (Å²) in [5.74, 6) is 1.96. The number of ether oxygens (including phenoxy) is 2. The summed E-state index contributed by atoms with van der Waals surface area (Å²) in [5, 5.41) is 4.61. The molecule has 3 aromatic rings. The molecular formula is C22H24N4O3. The van der Waals surface area contributed by atoms with E-state index < -0.39 is 0 Å². The molecule has 0 fully saturated rings. The average molecular weight is 392 g/mol. The van der Waals surface area contributed by atoms with Crippen LogP contribution in [0.2, 0.25) is 0 Å². The van der Waals surface area contributed by atoms with Gasteiger partial charge in [0, 0.05) is 17.8 Å². The zero-order valence-electron chi connectivity index (χ0n) is 17.3. The number of hydrogen-bond donors (Lipinski definition) is 0. The van der Waals surface area contributed by atoms with E-state index in [-0.39, 0.29) is 11.7 Å². The Hall–Kier alpha value is -3.22. The number of rotatable bonds is 4. The van der Waals surface area contributed by atoms with Crippen LogP contribution in [0.5, 0.6) is 11.5 Å². The van der Waals surface area contributed by atoms with E-state index in [0.717, 1.165) is 28.3 Å². The van der Waals surface area contributed by atoms with Crippen LogP contribution in [-0.4, -0.2) is 39.8 Å². The van der Waals surface area contributed by atoms with Crippen molar-refractivity contribution in [3.05, 3.63) is 58.2 Å². The lowest BCUT2D eigenvalue weighted by molar-refractivity contribution is 0.0963. The minimum atomic E-state index is 0.0237. The minimum Gasteiger partial charge on any atom is -0.493 e. The van der Waals surface area contributed by atoms with Gasteiger partial charge in [0.2, 0.25) is 0 Å². The summed E-state index contributed by atoms with van der Waals surface area (Å²) in [7, 11) is 3.22. The number of carbonyl (C=O) groups excluding carboxylic acids is 1. The molecule has 2 aromatic heterocycles. The minimum absolute atomic E-state index is 0.0237. The van der Waals surface area contributed by atoms with Crippen molar-refractivity contribution in [2.24, 2.45) is 0 Å². The molecule has 2 heterocycles. The molecule has 7 heteroatoms. The molecule has 1 aliphatic carbocycles. The van der Waals surface area contributed by atoms with Gasteiger partial charge in [-0.3, -0.25) is 4.79 Å². The SMILES string of the molecule is COc1ccc([C@@H]2CC(=O)c3c(C)nn(-c4nc(C)cc(C)n4)c3C2)cc1OC. The van der Waals surface area contributed by atoms with E-state index in [4.69, 9.17) is 9.47 Å². The van der Waals surface area contributed by atoms with Crippen LogP contribution in [0.25, 0.3) is 5.95 Å². The molecule has 29 heavy (non-hydrogen) atoms. The lowest BCUT2D eigenvalue weighted by atomic mass is 9.81. The van der Waals surface area contributed by atoms with Gasteiger partial charge in [-0.1, -0.05) is 6.07 Å². The second-order valence-corrected chi connectivity index (χ2v) is 7.41. The summed E-state index contributed by atoms with van der Waals surface area (Å²) in [6.07, 6.45) is 1.11. The maximum atomic E-state index is 13.0. The summed E-state index contributed by atoms with van der Waals surface area (Å²) in [4.78, 5) is 22.1. The van der Waals surface area contributed by atoms with E-state index in [1.54, 1.807) is 18.9 Å². The van der Waals surface area contributed by atoms with E-state index in [0.29, 0.717) is 35.9 Å². The normalized spacial score (nSPS) is 15.9. The first-order valence-electron chi connectivity index (χ1n) is 9.57. The smallest absolute Gasteiger partial charge is 0.251 e. The lowest BCUT2D eigenvalue weighted by Crippen LogP contribution is -2.21. The number of Topliss-reactive ketones (excluding diaryl/α,β-unsaturated/α-hetero) is 1. The lowest BCUT2D eigenvalue weighted by Gasteiger charge is -2.23. The fourth-order valence-electron chi connectivity index (χ4n) is 4.07. The third-order valence-corrected chi connectivity index (χ3v) is 5.35. The number of benzene rings is 1. The number of aryl methyl sites for hydroxylation is 3. The zero-order valence-corrected chi connectivity index (χ0v) is 17.3. The maximum Gasteiger partial charge on any atom is 0.251 e. The van der Waals surface area contributed by atoms with E-state index in [9.17, 15) is 4.79 Å². The highest BCUT2D eigenvalue weighted by atomic mass is 16.5. The summed E-state index contributed by atoms with van der Waals surface area (Å²) >= 11 is 0. The fraction of sp³-hybridized carbons (Fsp3) is 0.364. The van der Waals surface area contributed by atoms with Gasteiger partial charge in [-0.25, -0.2) is 14.6 Å². The van der Waals surface area contributed by atoms with Crippen LogP contribution in [-0.2, 0) is 6.42 Å². The third-order valence-electron chi connectivity index (χ3n) is 5.35. The van der Waals surface area contributed by atoms with Crippen molar-refractivity contribution in [2.75, 3.05) is 14.2 Å². The highest BCUT2D eigenvalue weighted by molar-refractivity contribution is 6.00. The predicted octanol–water partition coefficient (Wildman–Crippen LogP) is 3.52. The Kier molecular flexibility index (Phi) is 4.82. The number of aromatic nitrogens is 4. The number of ketones is 1. The molecule has 7 nitrogen and oxygen atoms in total. The van der Waals surface area contributed by atoms with E-state index in [1.165, 1.54) is 0 Å². The topological polar surface area (TPSA) is 79.1 Å². The molecule has 0 aliphatic heterocycles. The van der Waals surface area contributed by atoms with Gasteiger partial charge in [0.25, 0.3) is 5.95 Å². The molecule has 0 saturated carbocycles. The number of methoxy groups -OCH3 is 2. The van der Waals surface area contributed by atoms with Gasteiger partial charge in [0.1, 0.15) is 0 Å². The maximum absolute atomic E-state index is 13.0. The van der Waals surface area contributed by atoms with Crippen LogP contribution in [0.1, 0.15) is 51.0 Å². The van der Waals surface area contributed by atoms with Crippen LogP contribution in [0, 0.1) is 20.8 Å². The van der Waals surface area contributed by atoms with Crippen LogP contribution in [0.15, 0.2) is 24.3 Å². The molecule has 0 unspecified atom stereocenters. The van der Waals surface area contributed by atoms with Gasteiger partial charge in [-0.2, -0.15) is 5.10 Å². The van der Waals surface area contributed by atoms with Gasteiger partial charge in [0.15, 0.2) is 17.3 Å². The highest BCUT2D eigenvalue weighted by Gasteiger charge is 2.33. The monoisotopic (exact) mass is 392 g/mol. The zero-order chi connectivity index (χ0) is 20.7. The second-order valence-electron chi connectivity index (χ2n) is 7.41. The molecule has 150 valence electrons. The standard InChI is InChI=1S/C22H24N4O3/c1-12-8-13(2)24-22(23-12)26-17-9-16(10-18(27)21(17)14(3)25-26)15-6-7-19(28-4)20(11-15)29-5/h6-8,11,16H,9-10H2,1-5H3/t16-/m0/s1. The Bertz CT molecular complexity index is 1080. The summed E-state index contributed by atoms with van der Waals surface area (Å²) in [5.41, 5.74) is 5.06. The average Bonchev–Trinajstić information content (AvgIpc) is 3.03. The van der Waals surface area contributed by atoms with Crippen molar-refractivity contribution in [3.8, 4) is 17.4 Å². The third kappa shape index (κ3) is 3.37. The van der Waals surface area contributed by atoms with Gasteiger partial charge >= 0.3 is 0 Å². The molecule has 0 N–H and O–H groups in total. The first-order valence-corrected chi connectivity index (χ1v) is 9.57. The number of carbonyl (C=O) groups is 1. The van der Waals surface area contributed by atoms with Crippen molar-refractivity contribution in [3.63, 3.8) is 0 Å². The molecule has 0 radical (unpaired) electrons. The largest absolute Gasteiger partial charge is 0.493 e. The molecule has 0 amide bonds. The van der Waals surface area contributed by atoms with Gasteiger partial charge in [-0.05, 0) is 56.9 Å². The van der Waals surface area contributed by atoms with Gasteiger partial charge < -0.3 is 9.47 Å². The Morgan fingerprint density at radius 2 is 1.66 bits per heavy atom. The van der Waals surface area contributed by atoms with Crippen molar-refractivity contribution >= 4 is 5.78 Å². The Morgan fingerprint density at radius 3 is 2.31 bits per heavy atom. The number of fused-ring (bicyclic) bond motifs is 1. The van der Waals surface area contributed by atoms with Crippen LogP contribution >= 0.6 is 0 Å². The Morgan fingerprint density at radius 1 is 0.966 bits per heavy atom. The number of hydrogen-bond acceptors (Lipinski definition) is 6. The first kappa shape index (κ1) is 19.1. The van der Waals surface area contributed by atoms with E-state index >= 15 is 0 Å². The molecule has 1 aliphatic rings. The second kappa shape index (κ2) is 7.31. The van der Waals surface area contributed by atoms with Crippen LogP contribution in [0.4, 0.5) is 0 Å². The van der Waals surface area contributed by atoms with Crippen LogP contribution in [0.3, 0.4) is 0 Å². The molecular weight excluding hydrogens is 368 g/mol. The molecule has 1 aromatic carbocycles. The van der Waals surface area contributed by atoms with Crippen molar-refractivity contribution in [1.82, 2.24) is 19.7 Å². The first-order chi connectivity index (χ1) is 13.9.